The van der Waals surface area contributed by atoms with Gasteiger partial charge in [0.05, 0.1) is 6.61 Å². The first kappa shape index (κ1) is 16.5. The Labute approximate surface area is 146 Å². The summed E-state index contributed by atoms with van der Waals surface area (Å²) in [4.78, 5) is 4.60. The lowest BCUT2D eigenvalue weighted by molar-refractivity contribution is 0.121. The Kier molecular flexibility index (Phi) is 4.68. The Morgan fingerprint density at radius 1 is 0.920 bits per heavy atom. The molecule has 0 bridgehead atoms. The first-order chi connectivity index (χ1) is 12.2. The lowest BCUT2D eigenvalue weighted by Crippen LogP contribution is -2.45. The Morgan fingerprint density at radius 2 is 1.68 bits per heavy atom. The minimum absolute atomic E-state index is 0.437. The molecule has 25 heavy (non-hydrogen) atoms. The molecule has 2 aromatic rings. The molecule has 132 valence electrons. The van der Waals surface area contributed by atoms with Crippen LogP contribution in [-0.4, -0.2) is 42.6 Å². The molecule has 0 N–H and O–H groups in total. The molecule has 3 nitrogen and oxygen atoms in total. The second kappa shape index (κ2) is 7.10. The van der Waals surface area contributed by atoms with Crippen molar-refractivity contribution in [2.75, 3.05) is 32.8 Å². The van der Waals surface area contributed by atoms with E-state index in [1.165, 1.54) is 17.2 Å². The molecule has 0 radical (unpaired) electrons. The van der Waals surface area contributed by atoms with Gasteiger partial charge in [0.15, 0.2) is 11.6 Å². The molecule has 0 aliphatic carbocycles. The highest BCUT2D eigenvalue weighted by molar-refractivity contribution is 5.39. The van der Waals surface area contributed by atoms with E-state index in [1.54, 1.807) is 12.1 Å². The summed E-state index contributed by atoms with van der Waals surface area (Å²) in [5.41, 5.74) is 3.05. The monoisotopic (exact) mass is 344 g/mol. The second-order valence-corrected chi connectivity index (χ2v) is 6.81. The number of fused-ring (bicyclic) bond motifs is 1. The molecule has 2 aromatic carbocycles. The summed E-state index contributed by atoms with van der Waals surface area (Å²) in [5, 5.41) is 0. The van der Waals surface area contributed by atoms with Gasteiger partial charge >= 0.3 is 0 Å². The van der Waals surface area contributed by atoms with Crippen LogP contribution < -0.4 is 4.74 Å². The summed E-state index contributed by atoms with van der Waals surface area (Å²) in [7, 11) is 0. The zero-order valence-electron chi connectivity index (χ0n) is 14.2. The maximum atomic E-state index is 13.8. The van der Waals surface area contributed by atoms with Gasteiger partial charge < -0.3 is 4.74 Å². The smallest absolute Gasteiger partial charge is 0.163 e. The van der Waals surface area contributed by atoms with E-state index in [4.69, 9.17) is 4.74 Å². The van der Waals surface area contributed by atoms with Gasteiger partial charge in [0, 0.05) is 51.3 Å². The summed E-state index contributed by atoms with van der Waals surface area (Å²) in [6, 6.07) is 10.9. The molecule has 5 heteroatoms. The summed E-state index contributed by atoms with van der Waals surface area (Å²) in [6.45, 7) is 5.78. The quantitative estimate of drug-likeness (QED) is 0.847. The molecule has 0 saturated carbocycles. The van der Waals surface area contributed by atoms with E-state index in [0.717, 1.165) is 51.5 Å². The van der Waals surface area contributed by atoms with E-state index in [0.29, 0.717) is 12.1 Å². The van der Waals surface area contributed by atoms with Crippen molar-refractivity contribution in [2.45, 2.75) is 19.5 Å². The molecular weight excluding hydrogens is 322 g/mol. The van der Waals surface area contributed by atoms with E-state index in [2.05, 4.69) is 28.0 Å². The molecule has 0 atom stereocenters. The predicted octanol–water partition coefficient (Wildman–Crippen LogP) is 3.22. The van der Waals surface area contributed by atoms with E-state index >= 15 is 0 Å². The minimum Gasteiger partial charge on any atom is -0.493 e. The molecule has 0 amide bonds. The van der Waals surface area contributed by atoms with E-state index in [9.17, 15) is 8.78 Å². The number of ether oxygens (including phenoxy) is 1. The third-order valence-corrected chi connectivity index (χ3v) is 5.05. The third-order valence-electron chi connectivity index (χ3n) is 5.05. The Hall–Kier alpha value is -1.98. The van der Waals surface area contributed by atoms with Crippen LogP contribution in [0.1, 0.15) is 16.7 Å². The highest BCUT2D eigenvalue weighted by Gasteiger charge is 2.20. The Balaban J connectivity index is 1.32. The molecule has 0 spiro atoms. The van der Waals surface area contributed by atoms with E-state index < -0.39 is 11.6 Å². The molecule has 1 fully saturated rings. The minimum atomic E-state index is -0.767. The molecule has 0 unspecified atom stereocenters. The maximum absolute atomic E-state index is 13.8. The number of halogens is 2. The maximum Gasteiger partial charge on any atom is 0.163 e. The van der Waals surface area contributed by atoms with E-state index in [1.807, 2.05) is 0 Å². The van der Waals surface area contributed by atoms with Crippen molar-refractivity contribution in [1.29, 1.82) is 0 Å². The van der Waals surface area contributed by atoms with Crippen LogP contribution in [0, 0.1) is 11.6 Å². The topological polar surface area (TPSA) is 15.7 Å². The van der Waals surface area contributed by atoms with Gasteiger partial charge in [-0.15, -0.1) is 0 Å². The predicted molar refractivity (Wildman–Crippen MR) is 92.6 cm³/mol. The van der Waals surface area contributed by atoms with Crippen LogP contribution >= 0.6 is 0 Å². The molecule has 0 aromatic heterocycles. The molecule has 4 rings (SSSR count). The largest absolute Gasteiger partial charge is 0.493 e. The SMILES string of the molecule is Fc1cccc(CN2CCN(Cc3ccc4c(c3)CCO4)CC2)c1F. The number of benzene rings is 2. The van der Waals surface area contributed by atoms with Crippen molar-refractivity contribution in [3.63, 3.8) is 0 Å². The van der Waals surface area contributed by atoms with Crippen molar-refractivity contribution >= 4 is 0 Å². The summed E-state index contributed by atoms with van der Waals surface area (Å²) < 4.78 is 32.7. The van der Waals surface area contributed by atoms with Gasteiger partial charge in [-0.3, -0.25) is 9.80 Å². The van der Waals surface area contributed by atoms with Gasteiger partial charge in [-0.2, -0.15) is 0 Å². The lowest BCUT2D eigenvalue weighted by atomic mass is 10.1. The zero-order chi connectivity index (χ0) is 17.2. The highest BCUT2D eigenvalue weighted by Crippen LogP contribution is 2.26. The van der Waals surface area contributed by atoms with Crippen LogP contribution in [0.4, 0.5) is 8.78 Å². The van der Waals surface area contributed by atoms with Crippen molar-refractivity contribution in [3.05, 3.63) is 64.7 Å². The zero-order valence-corrected chi connectivity index (χ0v) is 14.2. The summed E-state index contributed by atoms with van der Waals surface area (Å²) in [6.07, 6.45) is 0.996. The number of nitrogens with zero attached hydrogens (tertiary/aromatic N) is 2. The van der Waals surface area contributed by atoms with Crippen LogP contribution in [0.2, 0.25) is 0 Å². The summed E-state index contributed by atoms with van der Waals surface area (Å²) in [5.74, 6) is -0.465. The number of hydrogen-bond donors (Lipinski definition) is 0. The van der Waals surface area contributed by atoms with Gasteiger partial charge in [0.2, 0.25) is 0 Å². The van der Waals surface area contributed by atoms with Crippen LogP contribution in [0.25, 0.3) is 0 Å². The normalized spacial score (nSPS) is 18.2. The van der Waals surface area contributed by atoms with Gasteiger partial charge in [-0.25, -0.2) is 8.78 Å². The van der Waals surface area contributed by atoms with Crippen LogP contribution in [0.5, 0.6) is 5.75 Å². The second-order valence-electron chi connectivity index (χ2n) is 6.81. The fourth-order valence-corrected chi connectivity index (χ4v) is 3.61. The number of hydrogen-bond acceptors (Lipinski definition) is 3. The van der Waals surface area contributed by atoms with Crippen molar-refractivity contribution < 1.29 is 13.5 Å². The van der Waals surface area contributed by atoms with Crippen molar-refractivity contribution in [3.8, 4) is 5.75 Å². The molecular formula is C20H22F2N2O. The van der Waals surface area contributed by atoms with Crippen LogP contribution in [-0.2, 0) is 19.5 Å². The molecule has 2 aliphatic heterocycles. The standard InChI is InChI=1S/C20H22F2N2O/c21-18-3-1-2-17(20(18)22)14-24-9-7-23(8-10-24)13-15-4-5-19-16(12-15)6-11-25-19/h1-5,12H,6-11,13-14H2. The number of piperazine rings is 1. The van der Waals surface area contributed by atoms with Gasteiger partial charge in [0.1, 0.15) is 5.75 Å². The van der Waals surface area contributed by atoms with E-state index in [-0.39, 0.29) is 0 Å². The molecule has 2 aliphatic rings. The fraction of sp³-hybridized carbons (Fsp3) is 0.400. The van der Waals surface area contributed by atoms with Crippen molar-refractivity contribution in [2.24, 2.45) is 0 Å². The fourth-order valence-electron chi connectivity index (χ4n) is 3.61. The Bertz CT molecular complexity index is 757. The molecule has 2 heterocycles. The van der Waals surface area contributed by atoms with Crippen LogP contribution in [0.3, 0.4) is 0 Å². The average molecular weight is 344 g/mol. The van der Waals surface area contributed by atoms with Gasteiger partial charge in [-0.1, -0.05) is 24.3 Å². The number of rotatable bonds is 4. The average Bonchev–Trinajstić information content (AvgIpc) is 3.08. The van der Waals surface area contributed by atoms with Gasteiger partial charge in [0.25, 0.3) is 0 Å². The lowest BCUT2D eigenvalue weighted by Gasteiger charge is -2.34. The first-order valence-electron chi connectivity index (χ1n) is 8.81. The van der Waals surface area contributed by atoms with Crippen LogP contribution in [0.15, 0.2) is 36.4 Å². The summed E-state index contributed by atoms with van der Waals surface area (Å²) >= 11 is 0. The van der Waals surface area contributed by atoms with Crippen molar-refractivity contribution in [1.82, 2.24) is 9.80 Å². The molecule has 1 saturated heterocycles. The van der Waals surface area contributed by atoms with Gasteiger partial charge in [-0.05, 0) is 23.3 Å². The Morgan fingerprint density at radius 3 is 2.48 bits per heavy atom. The third kappa shape index (κ3) is 3.67. The first-order valence-corrected chi connectivity index (χ1v) is 8.81. The highest BCUT2D eigenvalue weighted by atomic mass is 19.2.